The second-order valence-electron chi connectivity index (χ2n) is 5.58. The first-order chi connectivity index (χ1) is 12.3. The fourth-order valence-corrected chi connectivity index (χ4v) is 3.37. The van der Waals surface area contributed by atoms with Gasteiger partial charge >= 0.3 is 0 Å². The van der Waals surface area contributed by atoms with Gasteiger partial charge in [-0.25, -0.2) is 9.97 Å². The maximum Gasteiger partial charge on any atom is 0.137 e. The van der Waals surface area contributed by atoms with Gasteiger partial charge < -0.3 is 5.32 Å². The lowest BCUT2D eigenvalue weighted by Crippen LogP contribution is -2.01. The highest BCUT2D eigenvalue weighted by Gasteiger charge is 2.07. The van der Waals surface area contributed by atoms with E-state index in [9.17, 15) is 0 Å². The molecule has 5 heteroatoms. The van der Waals surface area contributed by atoms with Crippen molar-refractivity contribution in [1.82, 2.24) is 9.97 Å². The summed E-state index contributed by atoms with van der Waals surface area (Å²) in [6.45, 7) is 0.734. The largest absolute Gasteiger partial charge is 0.365 e. The smallest absolute Gasteiger partial charge is 0.137 e. The van der Waals surface area contributed by atoms with Crippen molar-refractivity contribution in [2.45, 2.75) is 6.54 Å². The summed E-state index contributed by atoms with van der Waals surface area (Å²) in [5.41, 5.74) is 3.59. The molecular weight excluding hydrogens is 328 g/mol. The molecular formula is C20H14N4S. The molecule has 25 heavy (non-hydrogen) atoms. The zero-order valence-corrected chi connectivity index (χ0v) is 14.1. The minimum Gasteiger partial charge on any atom is -0.365 e. The Balaban J connectivity index is 1.73. The van der Waals surface area contributed by atoms with Gasteiger partial charge in [0.2, 0.25) is 0 Å². The van der Waals surface area contributed by atoms with Crippen molar-refractivity contribution in [3.63, 3.8) is 0 Å². The lowest BCUT2D eigenvalue weighted by atomic mass is 10.0. The van der Waals surface area contributed by atoms with Gasteiger partial charge in [0.15, 0.2) is 0 Å². The number of hydrogen-bond donors (Lipinski definition) is 1. The number of hydrogen-bond acceptors (Lipinski definition) is 5. The molecule has 2 aromatic heterocycles. The average Bonchev–Trinajstić information content (AvgIpc) is 3.19. The van der Waals surface area contributed by atoms with Crippen LogP contribution in [0.2, 0.25) is 0 Å². The first-order valence-corrected chi connectivity index (χ1v) is 8.73. The van der Waals surface area contributed by atoms with Crippen LogP contribution in [-0.4, -0.2) is 9.97 Å². The van der Waals surface area contributed by atoms with Gasteiger partial charge in [0.25, 0.3) is 0 Å². The van der Waals surface area contributed by atoms with E-state index in [1.165, 1.54) is 4.88 Å². The van der Waals surface area contributed by atoms with E-state index in [-0.39, 0.29) is 0 Å². The van der Waals surface area contributed by atoms with Crippen molar-refractivity contribution >= 4 is 28.1 Å². The molecule has 1 N–H and O–H groups in total. The molecule has 0 spiro atoms. The molecule has 2 aromatic carbocycles. The van der Waals surface area contributed by atoms with Gasteiger partial charge in [-0.15, -0.1) is 11.3 Å². The van der Waals surface area contributed by atoms with Crippen LogP contribution in [0.4, 0.5) is 5.82 Å². The highest BCUT2D eigenvalue weighted by Crippen LogP contribution is 2.27. The van der Waals surface area contributed by atoms with Gasteiger partial charge in [-0.05, 0) is 46.8 Å². The van der Waals surface area contributed by atoms with Crippen molar-refractivity contribution in [3.05, 3.63) is 76.7 Å². The first kappa shape index (κ1) is 15.3. The Morgan fingerprint density at radius 1 is 1.00 bits per heavy atom. The van der Waals surface area contributed by atoms with Crippen LogP contribution in [0.5, 0.6) is 0 Å². The van der Waals surface area contributed by atoms with Crippen LogP contribution in [0.3, 0.4) is 0 Å². The van der Waals surface area contributed by atoms with Crippen molar-refractivity contribution in [2.75, 3.05) is 5.32 Å². The summed E-state index contributed by atoms with van der Waals surface area (Å²) in [4.78, 5) is 10.0. The number of anilines is 1. The summed E-state index contributed by atoms with van der Waals surface area (Å²) < 4.78 is 0. The van der Waals surface area contributed by atoms with E-state index in [2.05, 4.69) is 38.9 Å². The number of nitrogens with one attached hydrogen (secondary N) is 1. The van der Waals surface area contributed by atoms with Crippen LogP contribution in [0.25, 0.3) is 22.0 Å². The van der Waals surface area contributed by atoms with Crippen LogP contribution in [-0.2, 0) is 6.54 Å². The molecule has 2 heterocycles. The van der Waals surface area contributed by atoms with Crippen molar-refractivity contribution < 1.29 is 0 Å². The number of thiophene rings is 1. The molecule has 4 rings (SSSR count). The van der Waals surface area contributed by atoms with E-state index in [0.29, 0.717) is 5.56 Å². The molecule has 0 saturated carbocycles. The standard InChI is InChI=1S/C20H14N4S/c21-11-14-3-1-4-15(9-14)16-6-7-19-18(10-16)20(24-13-23-19)22-12-17-5-2-8-25-17/h1-10,13H,12H2,(H,22,23,24). The predicted molar refractivity (Wildman–Crippen MR) is 101 cm³/mol. The summed E-state index contributed by atoms with van der Waals surface area (Å²) in [6, 6.07) is 20.0. The molecule has 0 saturated heterocycles. The van der Waals surface area contributed by atoms with Crippen LogP contribution >= 0.6 is 11.3 Å². The van der Waals surface area contributed by atoms with Crippen molar-refractivity contribution in [1.29, 1.82) is 5.26 Å². The molecule has 0 atom stereocenters. The molecule has 0 amide bonds. The predicted octanol–water partition coefficient (Wildman–Crippen LogP) is 4.84. The Morgan fingerprint density at radius 3 is 2.76 bits per heavy atom. The van der Waals surface area contributed by atoms with E-state index in [4.69, 9.17) is 5.26 Å². The second kappa shape index (κ2) is 6.71. The summed E-state index contributed by atoms with van der Waals surface area (Å²) in [6.07, 6.45) is 1.58. The molecule has 0 aliphatic carbocycles. The average molecular weight is 342 g/mol. The zero-order valence-electron chi connectivity index (χ0n) is 13.3. The van der Waals surface area contributed by atoms with Gasteiger partial charge in [0.05, 0.1) is 23.7 Å². The highest BCUT2D eigenvalue weighted by molar-refractivity contribution is 7.09. The SMILES string of the molecule is N#Cc1cccc(-c2ccc3ncnc(NCc4cccs4)c3c2)c1. The molecule has 4 aromatic rings. The van der Waals surface area contributed by atoms with Gasteiger partial charge in [-0.3, -0.25) is 0 Å². The highest BCUT2D eigenvalue weighted by atomic mass is 32.1. The van der Waals surface area contributed by atoms with Gasteiger partial charge in [0.1, 0.15) is 12.1 Å². The van der Waals surface area contributed by atoms with Crippen LogP contribution in [0.15, 0.2) is 66.3 Å². The molecule has 0 fully saturated rings. The lowest BCUT2D eigenvalue weighted by molar-refractivity contribution is 1.13. The van der Waals surface area contributed by atoms with Crippen LogP contribution in [0, 0.1) is 11.3 Å². The Morgan fingerprint density at radius 2 is 1.92 bits per heavy atom. The molecule has 4 nitrogen and oxygen atoms in total. The van der Waals surface area contributed by atoms with Gasteiger partial charge in [0, 0.05) is 10.3 Å². The Labute approximate surface area is 149 Å². The third kappa shape index (κ3) is 3.21. The number of aromatic nitrogens is 2. The zero-order chi connectivity index (χ0) is 17.1. The summed E-state index contributed by atoms with van der Waals surface area (Å²) in [7, 11) is 0. The Hall–Kier alpha value is -3.23. The Kier molecular flexibility index (Phi) is 4.11. The fourth-order valence-electron chi connectivity index (χ4n) is 2.73. The van der Waals surface area contributed by atoms with E-state index in [1.807, 2.05) is 42.5 Å². The third-order valence-corrected chi connectivity index (χ3v) is 4.85. The number of fused-ring (bicyclic) bond motifs is 1. The van der Waals surface area contributed by atoms with E-state index in [0.717, 1.165) is 34.4 Å². The van der Waals surface area contributed by atoms with Crippen molar-refractivity contribution in [2.24, 2.45) is 0 Å². The molecule has 0 unspecified atom stereocenters. The summed E-state index contributed by atoms with van der Waals surface area (Å²) in [5, 5.41) is 15.5. The molecule has 0 bridgehead atoms. The van der Waals surface area contributed by atoms with Crippen LogP contribution in [0.1, 0.15) is 10.4 Å². The fraction of sp³-hybridized carbons (Fsp3) is 0.0500. The minimum absolute atomic E-state index is 0.651. The molecule has 0 aliphatic rings. The third-order valence-electron chi connectivity index (χ3n) is 3.97. The second-order valence-corrected chi connectivity index (χ2v) is 6.61. The van der Waals surface area contributed by atoms with E-state index >= 15 is 0 Å². The topological polar surface area (TPSA) is 61.6 Å². The number of rotatable bonds is 4. The van der Waals surface area contributed by atoms with Crippen LogP contribution < -0.4 is 5.32 Å². The summed E-state index contributed by atoms with van der Waals surface area (Å²) >= 11 is 1.72. The lowest BCUT2D eigenvalue weighted by Gasteiger charge is -2.09. The quantitative estimate of drug-likeness (QED) is 0.576. The molecule has 120 valence electrons. The molecule has 0 aliphatic heterocycles. The minimum atomic E-state index is 0.651. The summed E-state index contributed by atoms with van der Waals surface area (Å²) in [5.74, 6) is 0.816. The van der Waals surface area contributed by atoms with Gasteiger partial charge in [-0.1, -0.05) is 24.3 Å². The number of benzene rings is 2. The monoisotopic (exact) mass is 342 g/mol. The number of nitriles is 1. The molecule has 0 radical (unpaired) electrons. The maximum atomic E-state index is 9.11. The van der Waals surface area contributed by atoms with E-state index < -0.39 is 0 Å². The van der Waals surface area contributed by atoms with Gasteiger partial charge in [-0.2, -0.15) is 5.26 Å². The normalized spacial score (nSPS) is 10.5. The maximum absolute atomic E-state index is 9.11. The van der Waals surface area contributed by atoms with E-state index in [1.54, 1.807) is 17.7 Å². The van der Waals surface area contributed by atoms with Crippen molar-refractivity contribution in [3.8, 4) is 17.2 Å². The Bertz CT molecular complexity index is 1060. The number of nitrogens with zero attached hydrogens (tertiary/aromatic N) is 3. The first-order valence-electron chi connectivity index (χ1n) is 7.85.